The molecule has 1 unspecified atom stereocenters. The Labute approximate surface area is 104 Å². The van der Waals surface area contributed by atoms with Crippen LogP contribution >= 0.6 is 0 Å². The maximum Gasteiger partial charge on any atom is 0.163 e. The molecule has 2 aromatic rings. The van der Waals surface area contributed by atoms with Crippen LogP contribution in [-0.4, -0.2) is 13.1 Å². The fourth-order valence-electron chi connectivity index (χ4n) is 2.73. The molecule has 0 aliphatic carbocycles. The molecule has 4 heteroatoms. The molecule has 1 aliphatic heterocycles. The lowest BCUT2D eigenvalue weighted by Gasteiger charge is -2.32. The van der Waals surface area contributed by atoms with Crippen LogP contribution in [-0.2, 0) is 0 Å². The van der Waals surface area contributed by atoms with E-state index in [0.29, 0.717) is 22.6 Å². The predicted molar refractivity (Wildman–Crippen MR) is 66.7 cm³/mol. The molecular weight excluding hydrogens is 236 g/mol. The van der Waals surface area contributed by atoms with E-state index in [1.807, 2.05) is 4.90 Å². The van der Waals surface area contributed by atoms with Crippen LogP contribution in [0.15, 0.2) is 22.8 Å². The number of piperidine rings is 1. The van der Waals surface area contributed by atoms with Crippen LogP contribution in [0.1, 0.15) is 19.8 Å². The maximum absolute atomic E-state index is 14.0. The second kappa shape index (κ2) is 4.26. The van der Waals surface area contributed by atoms with E-state index in [2.05, 4.69) is 6.92 Å². The van der Waals surface area contributed by atoms with Gasteiger partial charge in [0.15, 0.2) is 11.4 Å². The van der Waals surface area contributed by atoms with E-state index in [0.717, 1.165) is 32.0 Å². The Morgan fingerprint density at radius 3 is 2.94 bits per heavy atom. The zero-order chi connectivity index (χ0) is 12.7. The number of hydrogen-bond acceptors (Lipinski definition) is 2. The van der Waals surface area contributed by atoms with Crippen molar-refractivity contribution < 1.29 is 13.2 Å². The molecular formula is C14H15F2NO. The molecule has 0 spiro atoms. The third kappa shape index (κ3) is 1.76. The largest absolute Gasteiger partial charge is 0.462 e. The summed E-state index contributed by atoms with van der Waals surface area (Å²) in [7, 11) is 0. The maximum atomic E-state index is 14.0. The number of anilines is 1. The smallest absolute Gasteiger partial charge is 0.163 e. The highest BCUT2D eigenvalue weighted by Crippen LogP contribution is 2.34. The summed E-state index contributed by atoms with van der Waals surface area (Å²) in [6, 6.07) is 2.49. The molecule has 1 atom stereocenters. The number of benzene rings is 1. The minimum atomic E-state index is -0.565. The summed E-state index contributed by atoms with van der Waals surface area (Å²) in [6.07, 6.45) is 3.59. The van der Waals surface area contributed by atoms with E-state index in [1.54, 1.807) is 6.07 Å². The van der Waals surface area contributed by atoms with Crippen molar-refractivity contribution in [2.75, 3.05) is 18.0 Å². The Hall–Kier alpha value is -1.58. The van der Waals surface area contributed by atoms with Crippen molar-refractivity contribution in [3.05, 3.63) is 30.0 Å². The van der Waals surface area contributed by atoms with Crippen molar-refractivity contribution in [3.63, 3.8) is 0 Å². The standard InChI is InChI=1S/C14H15F2NO/c1-9-3-2-5-17(8-9)13-12(16)7-11(15)10-4-6-18-14(10)13/h4,6-7,9H,2-3,5,8H2,1H3. The summed E-state index contributed by atoms with van der Waals surface area (Å²) in [4.78, 5) is 1.97. The third-order valence-corrected chi connectivity index (χ3v) is 3.59. The summed E-state index contributed by atoms with van der Waals surface area (Å²) < 4.78 is 32.9. The Bertz CT molecular complexity index is 578. The molecule has 0 bridgehead atoms. The highest BCUT2D eigenvalue weighted by atomic mass is 19.1. The van der Waals surface area contributed by atoms with Gasteiger partial charge in [-0.1, -0.05) is 6.92 Å². The van der Waals surface area contributed by atoms with Crippen molar-refractivity contribution >= 4 is 16.7 Å². The first-order valence-corrected chi connectivity index (χ1v) is 6.27. The molecule has 1 aromatic heterocycles. The molecule has 2 nitrogen and oxygen atoms in total. The van der Waals surface area contributed by atoms with Gasteiger partial charge >= 0.3 is 0 Å². The van der Waals surface area contributed by atoms with Crippen LogP contribution in [0.5, 0.6) is 0 Å². The third-order valence-electron chi connectivity index (χ3n) is 3.59. The monoisotopic (exact) mass is 251 g/mol. The first-order valence-electron chi connectivity index (χ1n) is 6.27. The molecule has 18 heavy (non-hydrogen) atoms. The molecule has 0 amide bonds. The molecule has 1 fully saturated rings. The van der Waals surface area contributed by atoms with Gasteiger partial charge in [0.2, 0.25) is 0 Å². The predicted octanol–water partition coefficient (Wildman–Crippen LogP) is 3.95. The van der Waals surface area contributed by atoms with Crippen LogP contribution in [0.3, 0.4) is 0 Å². The average Bonchev–Trinajstić information content (AvgIpc) is 2.78. The zero-order valence-electron chi connectivity index (χ0n) is 10.2. The molecule has 1 aliphatic rings. The second-order valence-corrected chi connectivity index (χ2v) is 5.05. The van der Waals surface area contributed by atoms with E-state index in [9.17, 15) is 8.78 Å². The molecule has 3 rings (SSSR count). The fourth-order valence-corrected chi connectivity index (χ4v) is 2.73. The van der Waals surface area contributed by atoms with Gasteiger partial charge < -0.3 is 9.32 Å². The lowest BCUT2D eigenvalue weighted by molar-refractivity contribution is 0.440. The lowest BCUT2D eigenvalue weighted by atomic mass is 9.99. The first-order chi connectivity index (χ1) is 8.66. The molecule has 1 saturated heterocycles. The minimum Gasteiger partial charge on any atom is -0.462 e. The number of rotatable bonds is 1. The minimum absolute atomic E-state index is 0.321. The van der Waals surface area contributed by atoms with Crippen LogP contribution in [0.25, 0.3) is 11.0 Å². The Balaban J connectivity index is 2.13. The Morgan fingerprint density at radius 2 is 2.17 bits per heavy atom. The van der Waals surface area contributed by atoms with E-state index in [1.165, 1.54) is 6.26 Å². The van der Waals surface area contributed by atoms with Crippen molar-refractivity contribution in [3.8, 4) is 0 Å². The SMILES string of the molecule is CC1CCCN(c2c(F)cc(F)c3ccoc23)C1. The molecule has 1 aromatic carbocycles. The second-order valence-electron chi connectivity index (χ2n) is 5.05. The molecule has 2 heterocycles. The van der Waals surface area contributed by atoms with Gasteiger partial charge in [-0.25, -0.2) is 8.78 Å². The van der Waals surface area contributed by atoms with E-state index >= 15 is 0 Å². The van der Waals surface area contributed by atoms with E-state index in [4.69, 9.17) is 4.42 Å². The van der Waals surface area contributed by atoms with E-state index < -0.39 is 11.6 Å². The molecule has 96 valence electrons. The quantitative estimate of drug-likeness (QED) is 0.763. The number of halogens is 2. The summed E-state index contributed by atoms with van der Waals surface area (Å²) in [5.74, 6) is -0.581. The molecule has 0 radical (unpaired) electrons. The van der Waals surface area contributed by atoms with Crippen LogP contribution in [0.2, 0.25) is 0 Å². The first kappa shape index (κ1) is 11.5. The van der Waals surface area contributed by atoms with Gasteiger partial charge in [0, 0.05) is 19.2 Å². The van der Waals surface area contributed by atoms with Gasteiger partial charge in [-0.15, -0.1) is 0 Å². The summed E-state index contributed by atoms with van der Waals surface area (Å²) in [5.41, 5.74) is 0.726. The molecule has 0 saturated carbocycles. The summed E-state index contributed by atoms with van der Waals surface area (Å²) >= 11 is 0. The van der Waals surface area contributed by atoms with Crippen LogP contribution in [0.4, 0.5) is 14.5 Å². The fraction of sp³-hybridized carbons (Fsp3) is 0.429. The Morgan fingerprint density at radius 1 is 1.33 bits per heavy atom. The van der Waals surface area contributed by atoms with Gasteiger partial charge in [-0.2, -0.15) is 0 Å². The Kier molecular flexibility index (Phi) is 2.73. The number of nitrogens with zero attached hydrogens (tertiary/aromatic N) is 1. The van der Waals surface area contributed by atoms with Gasteiger partial charge in [0.25, 0.3) is 0 Å². The van der Waals surface area contributed by atoms with Crippen molar-refractivity contribution in [2.45, 2.75) is 19.8 Å². The topological polar surface area (TPSA) is 16.4 Å². The van der Waals surface area contributed by atoms with Gasteiger partial charge in [-0.05, 0) is 24.8 Å². The summed E-state index contributed by atoms with van der Waals surface area (Å²) in [5, 5.41) is 0.352. The van der Waals surface area contributed by atoms with Crippen LogP contribution < -0.4 is 4.90 Å². The van der Waals surface area contributed by atoms with E-state index in [-0.39, 0.29) is 0 Å². The lowest BCUT2D eigenvalue weighted by Crippen LogP contribution is -2.34. The summed E-state index contributed by atoms with van der Waals surface area (Å²) in [6.45, 7) is 3.73. The van der Waals surface area contributed by atoms with Gasteiger partial charge in [0.05, 0.1) is 11.6 Å². The van der Waals surface area contributed by atoms with Gasteiger partial charge in [0.1, 0.15) is 11.5 Å². The number of furan rings is 1. The van der Waals surface area contributed by atoms with Crippen molar-refractivity contribution in [1.82, 2.24) is 0 Å². The number of hydrogen-bond donors (Lipinski definition) is 0. The highest BCUT2D eigenvalue weighted by molar-refractivity contribution is 5.90. The van der Waals surface area contributed by atoms with Crippen molar-refractivity contribution in [2.24, 2.45) is 5.92 Å². The average molecular weight is 251 g/mol. The molecule has 0 N–H and O–H groups in total. The van der Waals surface area contributed by atoms with Crippen LogP contribution in [0, 0.1) is 17.6 Å². The normalized spacial score (nSPS) is 20.6. The number of fused-ring (bicyclic) bond motifs is 1. The van der Waals surface area contributed by atoms with Gasteiger partial charge in [-0.3, -0.25) is 0 Å². The zero-order valence-corrected chi connectivity index (χ0v) is 10.2. The highest BCUT2D eigenvalue weighted by Gasteiger charge is 2.24. The van der Waals surface area contributed by atoms with Crippen molar-refractivity contribution in [1.29, 1.82) is 0 Å².